The zero-order chi connectivity index (χ0) is 20.4. The number of aliphatic imine (C=N–C) groups is 1. The smallest absolute Gasteiger partial charge is 0.213 e. The van der Waals surface area contributed by atoms with Crippen LogP contribution in [0.1, 0.15) is 26.7 Å². The minimum atomic E-state index is -3.10. The average Bonchev–Trinajstić information content (AvgIpc) is 3.18. The van der Waals surface area contributed by atoms with Crippen LogP contribution >= 0.6 is 11.8 Å². The largest absolute Gasteiger partial charge is 0.357 e. The zero-order valence-electron chi connectivity index (χ0n) is 17.3. The number of nitrogens with zero attached hydrogens (tertiary/aromatic N) is 3. The van der Waals surface area contributed by atoms with Crippen molar-refractivity contribution in [2.45, 2.75) is 31.6 Å². The van der Waals surface area contributed by atoms with E-state index in [4.69, 9.17) is 4.99 Å². The molecule has 1 aromatic rings. The van der Waals surface area contributed by atoms with Gasteiger partial charge >= 0.3 is 0 Å². The third-order valence-electron chi connectivity index (χ3n) is 4.88. The van der Waals surface area contributed by atoms with Gasteiger partial charge in [0.05, 0.1) is 5.75 Å². The monoisotopic (exact) mass is 426 g/mol. The number of rotatable bonds is 10. The van der Waals surface area contributed by atoms with Crippen molar-refractivity contribution < 1.29 is 8.42 Å². The standard InChI is InChI=1S/C20H34N4O2S2/c1-4-21-20(22-13-9-14-23(3)28(25,26)5-2)24-15-12-18(16-24)17-27-19-10-7-6-8-11-19/h6-8,10-11,18H,4-5,9,12-17H2,1-3H3,(H,21,22). The Morgan fingerprint density at radius 3 is 2.75 bits per heavy atom. The molecule has 0 bridgehead atoms. The molecular weight excluding hydrogens is 392 g/mol. The molecule has 0 aliphatic carbocycles. The summed E-state index contributed by atoms with van der Waals surface area (Å²) in [5.74, 6) is 2.89. The van der Waals surface area contributed by atoms with Gasteiger partial charge in [-0.25, -0.2) is 12.7 Å². The normalized spacial score (nSPS) is 18.1. The van der Waals surface area contributed by atoms with Crippen molar-refractivity contribution in [2.24, 2.45) is 10.9 Å². The first-order valence-electron chi connectivity index (χ1n) is 10.1. The summed E-state index contributed by atoms with van der Waals surface area (Å²) in [5.41, 5.74) is 0. The summed E-state index contributed by atoms with van der Waals surface area (Å²) in [7, 11) is -1.46. The fourth-order valence-corrected chi connectivity index (χ4v) is 5.05. The highest BCUT2D eigenvalue weighted by molar-refractivity contribution is 7.99. The van der Waals surface area contributed by atoms with Crippen molar-refractivity contribution in [2.75, 3.05) is 51.3 Å². The topological polar surface area (TPSA) is 65.0 Å². The molecule has 0 radical (unpaired) electrons. The predicted molar refractivity (Wildman–Crippen MR) is 120 cm³/mol. The van der Waals surface area contributed by atoms with E-state index in [2.05, 4.69) is 47.5 Å². The highest BCUT2D eigenvalue weighted by Crippen LogP contribution is 2.25. The van der Waals surface area contributed by atoms with Gasteiger partial charge in [0.15, 0.2) is 5.96 Å². The Morgan fingerprint density at radius 1 is 1.32 bits per heavy atom. The molecule has 1 atom stereocenters. The SMILES string of the molecule is CCNC(=NCCCN(C)S(=O)(=O)CC)N1CCC(CSc2ccccc2)C1. The van der Waals surface area contributed by atoms with Gasteiger partial charge in [0.1, 0.15) is 0 Å². The summed E-state index contributed by atoms with van der Waals surface area (Å²) in [4.78, 5) is 8.40. The number of likely N-dealkylation sites (tertiary alicyclic amines) is 1. The number of hydrogen-bond donors (Lipinski definition) is 1. The van der Waals surface area contributed by atoms with Gasteiger partial charge in [-0.1, -0.05) is 18.2 Å². The highest BCUT2D eigenvalue weighted by Gasteiger charge is 2.25. The van der Waals surface area contributed by atoms with E-state index in [1.165, 1.54) is 15.6 Å². The lowest BCUT2D eigenvalue weighted by molar-refractivity contribution is 0.458. The first kappa shape index (κ1) is 23.0. The Hall–Kier alpha value is -1.25. The molecule has 1 unspecified atom stereocenters. The fraction of sp³-hybridized carbons (Fsp3) is 0.650. The van der Waals surface area contributed by atoms with E-state index in [1.807, 2.05) is 11.8 Å². The van der Waals surface area contributed by atoms with Crippen LogP contribution in [0.5, 0.6) is 0 Å². The summed E-state index contributed by atoms with van der Waals surface area (Å²) < 4.78 is 25.0. The molecule has 158 valence electrons. The van der Waals surface area contributed by atoms with Gasteiger partial charge in [-0.3, -0.25) is 4.99 Å². The van der Waals surface area contributed by atoms with Crippen LogP contribution in [0.25, 0.3) is 0 Å². The number of benzene rings is 1. The molecule has 1 fully saturated rings. The lowest BCUT2D eigenvalue weighted by Gasteiger charge is -2.22. The number of guanidine groups is 1. The Labute approximate surface area is 174 Å². The molecule has 8 heteroatoms. The number of sulfonamides is 1. The van der Waals surface area contributed by atoms with Crippen molar-refractivity contribution >= 4 is 27.7 Å². The van der Waals surface area contributed by atoms with Gasteiger partial charge < -0.3 is 10.2 Å². The van der Waals surface area contributed by atoms with Crippen molar-refractivity contribution in [1.82, 2.24) is 14.5 Å². The van der Waals surface area contributed by atoms with E-state index in [-0.39, 0.29) is 5.75 Å². The number of hydrogen-bond acceptors (Lipinski definition) is 4. The zero-order valence-corrected chi connectivity index (χ0v) is 18.9. The second-order valence-corrected chi connectivity index (χ2v) is 10.5. The highest BCUT2D eigenvalue weighted by atomic mass is 32.2. The molecule has 2 rings (SSSR count). The van der Waals surface area contributed by atoms with Crippen LogP contribution in [0.2, 0.25) is 0 Å². The molecule has 1 aliphatic rings. The second-order valence-electron chi connectivity index (χ2n) is 7.04. The first-order chi connectivity index (χ1) is 13.5. The van der Waals surface area contributed by atoms with Crippen molar-refractivity contribution in [3.8, 4) is 0 Å². The number of nitrogens with one attached hydrogen (secondary N) is 1. The van der Waals surface area contributed by atoms with Gasteiger partial charge in [-0.2, -0.15) is 0 Å². The van der Waals surface area contributed by atoms with E-state index in [1.54, 1.807) is 14.0 Å². The Kier molecular flexibility index (Phi) is 9.61. The third kappa shape index (κ3) is 7.29. The minimum Gasteiger partial charge on any atom is -0.357 e. The van der Waals surface area contributed by atoms with Crippen LogP contribution in [0.15, 0.2) is 40.2 Å². The number of thioether (sulfide) groups is 1. The molecule has 0 amide bonds. The van der Waals surface area contributed by atoms with E-state index >= 15 is 0 Å². The van der Waals surface area contributed by atoms with Crippen LogP contribution in [-0.4, -0.2) is 74.9 Å². The Morgan fingerprint density at radius 2 is 2.07 bits per heavy atom. The summed E-state index contributed by atoms with van der Waals surface area (Å²) >= 11 is 1.92. The lowest BCUT2D eigenvalue weighted by Crippen LogP contribution is -2.40. The Bertz CT molecular complexity index is 710. The molecule has 0 aromatic heterocycles. The fourth-order valence-electron chi connectivity index (χ4n) is 3.16. The molecule has 1 aromatic carbocycles. The van der Waals surface area contributed by atoms with Crippen molar-refractivity contribution in [1.29, 1.82) is 0 Å². The van der Waals surface area contributed by atoms with Crippen molar-refractivity contribution in [3.05, 3.63) is 30.3 Å². The van der Waals surface area contributed by atoms with Crippen LogP contribution < -0.4 is 5.32 Å². The molecule has 0 spiro atoms. The third-order valence-corrected chi connectivity index (χ3v) is 7.99. The van der Waals surface area contributed by atoms with Crippen LogP contribution in [0.3, 0.4) is 0 Å². The molecule has 1 N–H and O–H groups in total. The maximum atomic E-state index is 11.8. The van der Waals surface area contributed by atoms with Crippen molar-refractivity contribution in [3.63, 3.8) is 0 Å². The van der Waals surface area contributed by atoms with Gasteiger partial charge in [0.2, 0.25) is 10.0 Å². The van der Waals surface area contributed by atoms with Crippen LogP contribution in [0.4, 0.5) is 0 Å². The summed E-state index contributed by atoms with van der Waals surface area (Å²) in [5, 5.41) is 3.39. The van der Waals surface area contributed by atoms with Gasteiger partial charge in [0.25, 0.3) is 0 Å². The first-order valence-corrected chi connectivity index (χ1v) is 12.7. The average molecular weight is 427 g/mol. The second kappa shape index (κ2) is 11.7. The van der Waals surface area contributed by atoms with E-state index in [0.29, 0.717) is 19.0 Å². The Balaban J connectivity index is 1.80. The summed E-state index contributed by atoms with van der Waals surface area (Å²) in [6.07, 6.45) is 1.91. The van der Waals surface area contributed by atoms with E-state index in [9.17, 15) is 8.42 Å². The lowest BCUT2D eigenvalue weighted by atomic mass is 10.2. The minimum absolute atomic E-state index is 0.144. The maximum Gasteiger partial charge on any atom is 0.213 e. The molecule has 1 saturated heterocycles. The molecule has 0 saturated carbocycles. The van der Waals surface area contributed by atoms with Crippen LogP contribution in [0, 0.1) is 5.92 Å². The molecule has 28 heavy (non-hydrogen) atoms. The van der Waals surface area contributed by atoms with Crippen LogP contribution in [-0.2, 0) is 10.0 Å². The quantitative estimate of drug-likeness (QED) is 0.270. The summed E-state index contributed by atoms with van der Waals surface area (Å²) in [6, 6.07) is 10.6. The molecular formula is C20H34N4O2S2. The van der Waals surface area contributed by atoms with E-state index in [0.717, 1.165) is 37.8 Å². The van der Waals surface area contributed by atoms with E-state index < -0.39 is 10.0 Å². The predicted octanol–water partition coefficient (Wildman–Crippen LogP) is 2.74. The molecule has 1 heterocycles. The van der Waals surface area contributed by atoms with Gasteiger partial charge in [-0.15, -0.1) is 11.8 Å². The summed E-state index contributed by atoms with van der Waals surface area (Å²) in [6.45, 7) is 7.78. The molecule has 1 aliphatic heterocycles. The van der Waals surface area contributed by atoms with Gasteiger partial charge in [-0.05, 0) is 44.7 Å². The molecule has 6 nitrogen and oxygen atoms in total. The maximum absolute atomic E-state index is 11.8. The van der Waals surface area contributed by atoms with Gasteiger partial charge in [0, 0.05) is 50.4 Å².